The normalized spacial score (nSPS) is 12.0. The van der Waals surface area contributed by atoms with Crippen molar-refractivity contribution in [3.8, 4) is 11.5 Å². The van der Waals surface area contributed by atoms with Gasteiger partial charge in [0.2, 0.25) is 0 Å². The number of hydrogen-bond donors (Lipinski definition) is 2. The maximum Gasteiger partial charge on any atom is 0.320 e. The Morgan fingerprint density at radius 1 is 1.12 bits per heavy atom. The number of rotatable bonds is 9. The van der Waals surface area contributed by atoms with E-state index >= 15 is 0 Å². The first kappa shape index (κ1) is 19.7. The van der Waals surface area contributed by atoms with Crippen LogP contribution in [-0.4, -0.2) is 24.2 Å². The van der Waals surface area contributed by atoms with Crippen molar-refractivity contribution < 1.29 is 23.8 Å². The highest BCUT2D eigenvalue weighted by Crippen LogP contribution is 2.29. The summed E-state index contributed by atoms with van der Waals surface area (Å²) < 4.78 is 24.1. The molecule has 140 valence electrons. The Kier molecular flexibility index (Phi) is 6.97. The molecular formula is C20H24FNO4. The third kappa shape index (κ3) is 5.46. The Hall–Kier alpha value is -2.60. The van der Waals surface area contributed by atoms with E-state index in [-0.39, 0.29) is 11.7 Å². The van der Waals surface area contributed by atoms with E-state index in [1.54, 1.807) is 25.3 Å². The third-order valence-corrected chi connectivity index (χ3v) is 3.99. The maximum atomic E-state index is 12.9. The van der Waals surface area contributed by atoms with Gasteiger partial charge in [0.15, 0.2) is 11.5 Å². The summed E-state index contributed by atoms with van der Waals surface area (Å²) in [5.74, 6) is -0.0507. The number of aliphatic carboxylic acids is 1. The lowest BCUT2D eigenvalue weighted by atomic mass is 10.0. The number of carboxylic acids is 1. The molecule has 0 spiro atoms. The van der Waals surface area contributed by atoms with E-state index in [0.717, 1.165) is 11.1 Å². The molecule has 26 heavy (non-hydrogen) atoms. The number of methoxy groups -OCH3 is 1. The van der Waals surface area contributed by atoms with Crippen molar-refractivity contribution in [1.29, 1.82) is 0 Å². The van der Waals surface area contributed by atoms with Crippen LogP contribution in [0.4, 0.5) is 4.39 Å². The minimum atomic E-state index is -0.869. The van der Waals surface area contributed by atoms with Gasteiger partial charge < -0.3 is 19.9 Å². The summed E-state index contributed by atoms with van der Waals surface area (Å²) in [6.07, 6.45) is 0. The van der Waals surface area contributed by atoms with Crippen LogP contribution in [0.15, 0.2) is 42.5 Å². The Balaban J connectivity index is 2.02. The molecule has 0 aliphatic heterocycles. The highest BCUT2D eigenvalue weighted by molar-refractivity contribution is 5.73. The number of halogens is 1. The highest BCUT2D eigenvalue weighted by atomic mass is 19.1. The van der Waals surface area contributed by atoms with E-state index in [4.69, 9.17) is 9.47 Å². The smallest absolute Gasteiger partial charge is 0.320 e. The average Bonchev–Trinajstić information content (AvgIpc) is 2.61. The molecule has 0 aliphatic carbocycles. The fourth-order valence-corrected chi connectivity index (χ4v) is 2.52. The zero-order valence-corrected chi connectivity index (χ0v) is 15.2. The molecule has 0 fully saturated rings. The second-order valence-corrected chi connectivity index (χ2v) is 6.34. The molecule has 2 aromatic rings. The fraction of sp³-hybridized carbons (Fsp3) is 0.350. The van der Waals surface area contributed by atoms with Crippen LogP contribution in [0.5, 0.6) is 11.5 Å². The zero-order chi connectivity index (χ0) is 19.1. The lowest BCUT2D eigenvalue weighted by Crippen LogP contribution is -2.40. The van der Waals surface area contributed by atoms with Gasteiger partial charge in [-0.25, -0.2) is 4.39 Å². The predicted octanol–water partition coefficient (Wildman–Crippen LogP) is 3.61. The quantitative estimate of drug-likeness (QED) is 0.714. The number of nitrogens with one attached hydrogen (secondary N) is 1. The Morgan fingerprint density at radius 3 is 2.35 bits per heavy atom. The molecule has 0 aliphatic rings. The van der Waals surface area contributed by atoms with Gasteiger partial charge in [-0.2, -0.15) is 0 Å². The lowest BCUT2D eigenvalue weighted by Gasteiger charge is -2.18. The molecule has 5 nitrogen and oxygen atoms in total. The van der Waals surface area contributed by atoms with Gasteiger partial charge in [-0.05, 0) is 41.3 Å². The van der Waals surface area contributed by atoms with Crippen LogP contribution in [0.2, 0.25) is 0 Å². The summed E-state index contributed by atoms with van der Waals surface area (Å²) in [6, 6.07) is 10.9. The van der Waals surface area contributed by atoms with Gasteiger partial charge in [0.1, 0.15) is 18.5 Å². The van der Waals surface area contributed by atoms with E-state index in [9.17, 15) is 14.3 Å². The van der Waals surface area contributed by atoms with Crippen molar-refractivity contribution in [2.24, 2.45) is 5.92 Å². The second-order valence-electron chi connectivity index (χ2n) is 6.34. The van der Waals surface area contributed by atoms with Crippen molar-refractivity contribution in [2.45, 2.75) is 33.0 Å². The molecule has 2 N–H and O–H groups in total. The number of carboxylic acid groups (broad SMARTS) is 1. The average molecular weight is 361 g/mol. The van der Waals surface area contributed by atoms with Crippen LogP contribution < -0.4 is 14.8 Å². The van der Waals surface area contributed by atoms with Gasteiger partial charge >= 0.3 is 5.97 Å². The van der Waals surface area contributed by atoms with Crippen molar-refractivity contribution in [3.05, 3.63) is 59.4 Å². The number of carbonyl (C=O) groups is 1. The third-order valence-electron chi connectivity index (χ3n) is 3.99. The molecule has 1 atom stereocenters. The Bertz CT molecular complexity index is 731. The standard InChI is InChI=1S/C20H24FNO4/c1-13(2)19(20(23)24)22-11-15-6-9-17(18(10-15)25-3)26-12-14-4-7-16(21)8-5-14/h4-10,13,19,22H,11-12H2,1-3H3,(H,23,24). The van der Waals surface area contributed by atoms with Gasteiger partial charge in [-0.3, -0.25) is 4.79 Å². The molecule has 6 heteroatoms. The number of benzene rings is 2. The predicted molar refractivity (Wildman–Crippen MR) is 96.8 cm³/mol. The fourth-order valence-electron chi connectivity index (χ4n) is 2.52. The van der Waals surface area contributed by atoms with Crippen LogP contribution in [0, 0.1) is 11.7 Å². The van der Waals surface area contributed by atoms with E-state index in [1.807, 2.05) is 26.0 Å². The van der Waals surface area contributed by atoms with Crippen LogP contribution in [0.25, 0.3) is 0 Å². The molecule has 1 unspecified atom stereocenters. The topological polar surface area (TPSA) is 67.8 Å². The molecule has 0 radical (unpaired) electrons. The van der Waals surface area contributed by atoms with E-state index < -0.39 is 12.0 Å². The molecule has 0 saturated heterocycles. The van der Waals surface area contributed by atoms with Crippen molar-refractivity contribution >= 4 is 5.97 Å². The molecule has 0 aromatic heterocycles. The van der Waals surface area contributed by atoms with Gasteiger partial charge in [0.05, 0.1) is 7.11 Å². The van der Waals surface area contributed by atoms with Crippen molar-refractivity contribution in [3.63, 3.8) is 0 Å². The first-order chi connectivity index (χ1) is 12.4. The van der Waals surface area contributed by atoms with E-state index in [0.29, 0.717) is 24.7 Å². The maximum absolute atomic E-state index is 12.9. The van der Waals surface area contributed by atoms with Crippen molar-refractivity contribution in [2.75, 3.05) is 7.11 Å². The van der Waals surface area contributed by atoms with E-state index in [1.165, 1.54) is 12.1 Å². The summed E-state index contributed by atoms with van der Waals surface area (Å²) in [5.41, 5.74) is 1.74. The van der Waals surface area contributed by atoms with Gasteiger partial charge in [0, 0.05) is 6.54 Å². The van der Waals surface area contributed by atoms with Gasteiger partial charge in [-0.1, -0.05) is 32.0 Å². The first-order valence-corrected chi connectivity index (χ1v) is 8.41. The molecular weight excluding hydrogens is 337 g/mol. The summed E-state index contributed by atoms with van der Waals surface area (Å²) >= 11 is 0. The van der Waals surface area contributed by atoms with Crippen LogP contribution in [0.1, 0.15) is 25.0 Å². The van der Waals surface area contributed by atoms with Gasteiger partial charge in [0.25, 0.3) is 0 Å². The summed E-state index contributed by atoms with van der Waals surface area (Å²) in [4.78, 5) is 11.2. The van der Waals surface area contributed by atoms with Crippen LogP contribution in [-0.2, 0) is 17.9 Å². The van der Waals surface area contributed by atoms with Crippen molar-refractivity contribution in [1.82, 2.24) is 5.32 Å². The highest BCUT2D eigenvalue weighted by Gasteiger charge is 2.20. The largest absolute Gasteiger partial charge is 0.493 e. The summed E-state index contributed by atoms with van der Waals surface area (Å²) in [6.45, 7) is 4.42. The summed E-state index contributed by atoms with van der Waals surface area (Å²) in [5, 5.41) is 12.3. The zero-order valence-electron chi connectivity index (χ0n) is 15.2. The Labute approximate surface area is 152 Å². The number of ether oxygens (including phenoxy) is 2. The molecule has 0 saturated carbocycles. The van der Waals surface area contributed by atoms with Gasteiger partial charge in [-0.15, -0.1) is 0 Å². The first-order valence-electron chi connectivity index (χ1n) is 8.41. The molecule has 0 amide bonds. The lowest BCUT2D eigenvalue weighted by molar-refractivity contribution is -0.140. The molecule has 2 rings (SSSR count). The monoisotopic (exact) mass is 361 g/mol. The minimum Gasteiger partial charge on any atom is -0.493 e. The van der Waals surface area contributed by atoms with Crippen LogP contribution >= 0.6 is 0 Å². The number of hydrogen-bond acceptors (Lipinski definition) is 4. The minimum absolute atomic E-state index is 0.0206. The second kappa shape index (κ2) is 9.20. The van der Waals surface area contributed by atoms with E-state index in [2.05, 4.69) is 5.32 Å². The molecule has 2 aromatic carbocycles. The summed E-state index contributed by atoms with van der Waals surface area (Å²) in [7, 11) is 1.55. The molecule has 0 heterocycles. The van der Waals surface area contributed by atoms with Crippen LogP contribution in [0.3, 0.4) is 0 Å². The Morgan fingerprint density at radius 2 is 1.77 bits per heavy atom. The molecule has 0 bridgehead atoms. The SMILES string of the molecule is COc1cc(CNC(C(=O)O)C(C)C)ccc1OCc1ccc(F)cc1.